The number of nitrogens with zero attached hydrogens (tertiary/aromatic N) is 1. The molecule has 0 unspecified atom stereocenters. The van der Waals surface area contributed by atoms with Crippen LogP contribution in [-0.2, 0) is 6.18 Å². The first kappa shape index (κ1) is 15.8. The Morgan fingerprint density at radius 1 is 1.25 bits per heavy atom. The third-order valence-corrected chi connectivity index (χ3v) is 2.46. The highest BCUT2D eigenvalue weighted by Gasteiger charge is 2.30. The van der Waals surface area contributed by atoms with Crippen LogP contribution in [0.15, 0.2) is 24.3 Å². The van der Waals surface area contributed by atoms with Crippen molar-refractivity contribution in [2.75, 3.05) is 11.9 Å². The summed E-state index contributed by atoms with van der Waals surface area (Å²) >= 11 is 0. The number of alkyl halides is 3. The molecule has 2 amide bonds. The third kappa shape index (κ3) is 4.80. The van der Waals surface area contributed by atoms with Crippen LogP contribution in [0, 0.1) is 16.7 Å². The van der Waals surface area contributed by atoms with Crippen LogP contribution < -0.4 is 10.6 Å². The Kier molecular flexibility index (Phi) is 4.61. The molecule has 0 saturated carbocycles. The topological polar surface area (TPSA) is 64.9 Å². The SMILES string of the molecule is CC(C)(C#N)CNC(=O)Nc1ccc(C(F)(F)F)cc1. The monoisotopic (exact) mass is 285 g/mol. The summed E-state index contributed by atoms with van der Waals surface area (Å²) in [6.45, 7) is 3.45. The van der Waals surface area contributed by atoms with Gasteiger partial charge < -0.3 is 10.6 Å². The number of anilines is 1. The molecule has 0 aliphatic heterocycles. The molecule has 2 N–H and O–H groups in total. The molecule has 0 atom stereocenters. The lowest BCUT2D eigenvalue weighted by atomic mass is 9.96. The van der Waals surface area contributed by atoms with Crippen molar-refractivity contribution >= 4 is 11.7 Å². The molecule has 0 radical (unpaired) electrons. The predicted octanol–water partition coefficient (Wildman–Crippen LogP) is 3.38. The molecular formula is C13H14F3N3O. The highest BCUT2D eigenvalue weighted by atomic mass is 19.4. The zero-order valence-corrected chi connectivity index (χ0v) is 11.0. The molecule has 0 heterocycles. The van der Waals surface area contributed by atoms with E-state index in [0.29, 0.717) is 0 Å². The van der Waals surface area contributed by atoms with Gasteiger partial charge in [-0.2, -0.15) is 18.4 Å². The van der Waals surface area contributed by atoms with Crippen LogP contribution in [0.1, 0.15) is 19.4 Å². The minimum absolute atomic E-state index is 0.135. The van der Waals surface area contributed by atoms with Gasteiger partial charge in [0.25, 0.3) is 0 Å². The first-order chi connectivity index (χ1) is 9.14. The van der Waals surface area contributed by atoms with Crippen LogP contribution in [0.4, 0.5) is 23.7 Å². The number of halogens is 3. The van der Waals surface area contributed by atoms with Gasteiger partial charge in [-0.1, -0.05) is 0 Å². The van der Waals surface area contributed by atoms with Gasteiger partial charge in [0, 0.05) is 12.2 Å². The van der Waals surface area contributed by atoms with E-state index in [-0.39, 0.29) is 12.2 Å². The van der Waals surface area contributed by atoms with Gasteiger partial charge in [0.2, 0.25) is 0 Å². The van der Waals surface area contributed by atoms with E-state index in [1.165, 1.54) is 0 Å². The minimum atomic E-state index is -4.41. The molecule has 20 heavy (non-hydrogen) atoms. The quantitative estimate of drug-likeness (QED) is 0.894. The molecule has 0 aromatic heterocycles. The van der Waals surface area contributed by atoms with Crippen LogP contribution >= 0.6 is 0 Å². The first-order valence-corrected chi connectivity index (χ1v) is 5.77. The summed E-state index contributed by atoms with van der Waals surface area (Å²) in [5, 5.41) is 13.6. The van der Waals surface area contributed by atoms with Crippen molar-refractivity contribution in [1.82, 2.24) is 5.32 Å². The lowest BCUT2D eigenvalue weighted by Gasteiger charge is -2.16. The minimum Gasteiger partial charge on any atom is -0.336 e. The highest BCUT2D eigenvalue weighted by molar-refractivity contribution is 5.89. The number of nitriles is 1. The average Bonchev–Trinajstić information content (AvgIpc) is 2.36. The molecule has 0 saturated heterocycles. The Morgan fingerprint density at radius 3 is 2.25 bits per heavy atom. The fourth-order valence-corrected chi connectivity index (χ4v) is 1.26. The lowest BCUT2D eigenvalue weighted by molar-refractivity contribution is -0.137. The number of amides is 2. The van der Waals surface area contributed by atoms with E-state index in [1.54, 1.807) is 13.8 Å². The molecule has 7 heteroatoms. The van der Waals surface area contributed by atoms with E-state index in [0.717, 1.165) is 24.3 Å². The van der Waals surface area contributed by atoms with E-state index in [9.17, 15) is 18.0 Å². The second-order valence-corrected chi connectivity index (χ2v) is 4.88. The molecule has 0 bridgehead atoms. The number of benzene rings is 1. The van der Waals surface area contributed by atoms with E-state index in [4.69, 9.17) is 5.26 Å². The Hall–Kier alpha value is -2.23. The number of carbonyl (C=O) groups excluding carboxylic acids is 1. The maximum Gasteiger partial charge on any atom is 0.416 e. The largest absolute Gasteiger partial charge is 0.416 e. The van der Waals surface area contributed by atoms with Gasteiger partial charge in [-0.3, -0.25) is 0 Å². The maximum atomic E-state index is 12.3. The summed E-state index contributed by atoms with van der Waals surface area (Å²) in [5.74, 6) is 0. The molecule has 4 nitrogen and oxygen atoms in total. The summed E-state index contributed by atoms with van der Waals surface area (Å²) in [6, 6.07) is 5.54. The maximum absolute atomic E-state index is 12.3. The summed E-state index contributed by atoms with van der Waals surface area (Å²) in [5.41, 5.74) is -1.25. The van der Waals surface area contributed by atoms with Crippen LogP contribution in [-0.4, -0.2) is 12.6 Å². The van der Waals surface area contributed by atoms with Gasteiger partial charge in [-0.15, -0.1) is 0 Å². The fourth-order valence-electron chi connectivity index (χ4n) is 1.26. The van der Waals surface area contributed by atoms with E-state index in [2.05, 4.69) is 10.6 Å². The number of carbonyl (C=O) groups is 1. The van der Waals surface area contributed by atoms with E-state index in [1.807, 2.05) is 6.07 Å². The van der Waals surface area contributed by atoms with Gasteiger partial charge >= 0.3 is 12.2 Å². The number of rotatable bonds is 3. The molecule has 0 aliphatic rings. The van der Waals surface area contributed by atoms with Crippen LogP contribution in [0.3, 0.4) is 0 Å². The molecule has 1 rings (SSSR count). The Labute approximate surface area is 114 Å². The van der Waals surface area contributed by atoms with Gasteiger partial charge in [0.05, 0.1) is 17.0 Å². The Morgan fingerprint density at radius 2 is 1.80 bits per heavy atom. The van der Waals surface area contributed by atoms with Crippen LogP contribution in [0.5, 0.6) is 0 Å². The third-order valence-electron chi connectivity index (χ3n) is 2.46. The summed E-state index contributed by atoms with van der Waals surface area (Å²) in [6.07, 6.45) is -4.41. The second-order valence-electron chi connectivity index (χ2n) is 4.88. The van der Waals surface area contributed by atoms with Gasteiger partial charge in [-0.25, -0.2) is 4.79 Å². The predicted molar refractivity (Wildman–Crippen MR) is 67.9 cm³/mol. The molecule has 1 aromatic rings. The Bertz CT molecular complexity index is 515. The van der Waals surface area contributed by atoms with Crippen molar-refractivity contribution in [3.63, 3.8) is 0 Å². The first-order valence-electron chi connectivity index (χ1n) is 5.77. The summed E-state index contributed by atoms with van der Waals surface area (Å²) in [7, 11) is 0. The summed E-state index contributed by atoms with van der Waals surface area (Å²) < 4.78 is 37.0. The van der Waals surface area contributed by atoms with E-state index >= 15 is 0 Å². The van der Waals surface area contributed by atoms with Crippen LogP contribution in [0.2, 0.25) is 0 Å². The zero-order chi connectivity index (χ0) is 15.4. The molecule has 0 aliphatic carbocycles. The van der Waals surface area contributed by atoms with Crippen molar-refractivity contribution in [3.05, 3.63) is 29.8 Å². The normalized spacial score (nSPS) is 11.6. The fraction of sp³-hybridized carbons (Fsp3) is 0.385. The molecule has 108 valence electrons. The van der Waals surface area contributed by atoms with Crippen molar-refractivity contribution in [2.24, 2.45) is 5.41 Å². The molecule has 0 spiro atoms. The number of urea groups is 1. The van der Waals surface area contributed by atoms with Crippen molar-refractivity contribution in [2.45, 2.75) is 20.0 Å². The van der Waals surface area contributed by atoms with Gasteiger partial charge in [0.15, 0.2) is 0 Å². The average molecular weight is 285 g/mol. The second kappa shape index (κ2) is 5.82. The number of hydrogen-bond acceptors (Lipinski definition) is 2. The van der Waals surface area contributed by atoms with Crippen molar-refractivity contribution in [1.29, 1.82) is 5.26 Å². The highest BCUT2D eigenvalue weighted by Crippen LogP contribution is 2.29. The Balaban J connectivity index is 2.58. The lowest BCUT2D eigenvalue weighted by Crippen LogP contribution is -2.36. The van der Waals surface area contributed by atoms with Gasteiger partial charge in [0.1, 0.15) is 0 Å². The molecular weight excluding hydrogens is 271 g/mol. The van der Waals surface area contributed by atoms with Gasteiger partial charge in [-0.05, 0) is 38.1 Å². The zero-order valence-electron chi connectivity index (χ0n) is 11.0. The summed E-state index contributed by atoms with van der Waals surface area (Å²) in [4.78, 5) is 11.5. The standard InChI is InChI=1S/C13H14F3N3O/c1-12(2,7-17)8-18-11(20)19-10-5-3-9(4-6-10)13(14,15)16/h3-6H,8H2,1-2H3,(H2,18,19,20). The van der Waals surface area contributed by atoms with Crippen molar-refractivity contribution in [3.8, 4) is 6.07 Å². The molecule has 0 fully saturated rings. The molecule has 1 aromatic carbocycles. The number of hydrogen-bond donors (Lipinski definition) is 2. The number of nitrogens with one attached hydrogen (secondary N) is 2. The smallest absolute Gasteiger partial charge is 0.336 e. The van der Waals surface area contributed by atoms with Crippen LogP contribution in [0.25, 0.3) is 0 Å². The van der Waals surface area contributed by atoms with E-state index < -0.39 is 23.2 Å². The van der Waals surface area contributed by atoms with Crippen molar-refractivity contribution < 1.29 is 18.0 Å².